The van der Waals surface area contributed by atoms with Crippen LogP contribution in [0.4, 0.5) is 0 Å². The van der Waals surface area contributed by atoms with Gasteiger partial charge in [-0.3, -0.25) is 9.79 Å². The Balaban J connectivity index is 4.11. The highest BCUT2D eigenvalue weighted by molar-refractivity contribution is 5.80. The maximum Gasteiger partial charge on any atom is 0.310 e. The first-order valence-electron chi connectivity index (χ1n) is 7.11. The number of esters is 1. The predicted molar refractivity (Wildman–Crippen MR) is 79.2 cm³/mol. The van der Waals surface area contributed by atoms with E-state index < -0.39 is 0 Å². The largest absolute Gasteiger partial charge is 0.469 e. The molecule has 0 radical (unpaired) electrons. The van der Waals surface area contributed by atoms with Crippen LogP contribution in [0.5, 0.6) is 0 Å². The number of methoxy groups -OCH3 is 1. The molecule has 0 aliphatic carbocycles. The topological polar surface area (TPSA) is 62.7 Å². The lowest BCUT2D eigenvalue weighted by Gasteiger charge is -2.13. The molecular formula is C14H29N3O2. The molecule has 0 aromatic heterocycles. The van der Waals surface area contributed by atoms with Crippen LogP contribution in [0.25, 0.3) is 0 Å². The fraction of sp³-hybridized carbons (Fsp3) is 0.857. The number of nitrogens with one attached hydrogen (secondary N) is 2. The van der Waals surface area contributed by atoms with Crippen molar-refractivity contribution in [3.8, 4) is 0 Å². The van der Waals surface area contributed by atoms with Crippen molar-refractivity contribution in [3.05, 3.63) is 0 Å². The summed E-state index contributed by atoms with van der Waals surface area (Å²) in [5.74, 6) is 1.05. The summed E-state index contributed by atoms with van der Waals surface area (Å²) in [7, 11) is 1.40. The minimum atomic E-state index is -0.223. The minimum absolute atomic E-state index is 0.212. The smallest absolute Gasteiger partial charge is 0.310 e. The number of carbonyl (C=O) groups is 1. The molecule has 1 atom stereocenters. The average molecular weight is 271 g/mol. The van der Waals surface area contributed by atoms with Gasteiger partial charge in [-0.25, -0.2) is 0 Å². The van der Waals surface area contributed by atoms with E-state index in [1.54, 1.807) is 0 Å². The molecule has 1 unspecified atom stereocenters. The molecule has 0 fully saturated rings. The summed E-state index contributed by atoms with van der Waals surface area (Å²) in [5.41, 5.74) is 0. The van der Waals surface area contributed by atoms with Gasteiger partial charge < -0.3 is 15.4 Å². The molecule has 0 saturated heterocycles. The van der Waals surface area contributed by atoms with E-state index in [0.717, 1.165) is 31.4 Å². The number of ether oxygens (including phenoxy) is 1. The number of hydrogen-bond donors (Lipinski definition) is 2. The molecule has 5 heteroatoms. The lowest BCUT2D eigenvalue weighted by Crippen LogP contribution is -2.38. The van der Waals surface area contributed by atoms with Crippen LogP contribution in [0.15, 0.2) is 4.99 Å². The summed E-state index contributed by atoms with van der Waals surface area (Å²) < 4.78 is 4.68. The fourth-order valence-electron chi connectivity index (χ4n) is 1.56. The van der Waals surface area contributed by atoms with Crippen molar-refractivity contribution in [2.45, 2.75) is 40.5 Å². The molecule has 0 amide bonds. The standard InChI is InChI=1S/C14H29N3O2/c1-6-15-14(16-9-7-8-11(2)3)17-10-12(4)13(18)19-5/h11-12H,6-10H2,1-5H3,(H2,15,16,17). The third-order valence-corrected chi connectivity index (χ3v) is 2.72. The van der Waals surface area contributed by atoms with E-state index in [9.17, 15) is 4.79 Å². The van der Waals surface area contributed by atoms with Crippen LogP contribution in [-0.4, -0.2) is 38.7 Å². The van der Waals surface area contributed by atoms with Crippen LogP contribution >= 0.6 is 0 Å². The van der Waals surface area contributed by atoms with E-state index in [2.05, 4.69) is 34.2 Å². The molecule has 0 rings (SSSR count). The fourth-order valence-corrected chi connectivity index (χ4v) is 1.56. The van der Waals surface area contributed by atoms with Crippen molar-refractivity contribution >= 4 is 11.9 Å². The number of nitrogens with zero attached hydrogens (tertiary/aromatic N) is 1. The first-order chi connectivity index (χ1) is 9.01. The molecule has 0 aromatic rings. The van der Waals surface area contributed by atoms with Crippen LogP contribution in [-0.2, 0) is 9.53 Å². The van der Waals surface area contributed by atoms with Crippen molar-refractivity contribution in [1.29, 1.82) is 0 Å². The third-order valence-electron chi connectivity index (χ3n) is 2.72. The number of carbonyl (C=O) groups excluding carboxylic acids is 1. The van der Waals surface area contributed by atoms with Crippen molar-refractivity contribution in [2.24, 2.45) is 16.8 Å². The summed E-state index contributed by atoms with van der Waals surface area (Å²) in [6, 6.07) is 0. The van der Waals surface area contributed by atoms with E-state index in [1.165, 1.54) is 13.5 Å². The zero-order valence-corrected chi connectivity index (χ0v) is 13.0. The van der Waals surface area contributed by atoms with Gasteiger partial charge >= 0.3 is 5.97 Å². The Morgan fingerprint density at radius 3 is 2.47 bits per heavy atom. The Morgan fingerprint density at radius 1 is 1.26 bits per heavy atom. The molecule has 2 N–H and O–H groups in total. The van der Waals surface area contributed by atoms with E-state index in [-0.39, 0.29) is 11.9 Å². The van der Waals surface area contributed by atoms with Crippen molar-refractivity contribution in [2.75, 3.05) is 26.7 Å². The van der Waals surface area contributed by atoms with Crippen LogP contribution in [0, 0.1) is 11.8 Å². The van der Waals surface area contributed by atoms with Gasteiger partial charge in [0, 0.05) is 13.1 Å². The molecular weight excluding hydrogens is 242 g/mol. The Kier molecular flexibility index (Phi) is 9.94. The van der Waals surface area contributed by atoms with Gasteiger partial charge in [0.2, 0.25) is 0 Å². The molecule has 19 heavy (non-hydrogen) atoms. The summed E-state index contributed by atoms with van der Waals surface area (Å²) >= 11 is 0. The number of aliphatic imine (C=N–C) groups is 1. The quantitative estimate of drug-likeness (QED) is 0.306. The van der Waals surface area contributed by atoms with Gasteiger partial charge in [0.1, 0.15) is 0 Å². The summed E-state index contributed by atoms with van der Waals surface area (Å²) in [4.78, 5) is 15.7. The SMILES string of the molecule is CCNC(=NCC(C)C(=O)OC)NCCCC(C)C. The Labute approximate surface area is 117 Å². The van der Waals surface area contributed by atoms with Crippen LogP contribution in [0.1, 0.15) is 40.5 Å². The Morgan fingerprint density at radius 2 is 1.95 bits per heavy atom. The van der Waals surface area contributed by atoms with Crippen LogP contribution in [0.2, 0.25) is 0 Å². The second kappa shape index (κ2) is 10.6. The average Bonchev–Trinajstić information content (AvgIpc) is 2.38. The zero-order chi connectivity index (χ0) is 14.7. The van der Waals surface area contributed by atoms with Gasteiger partial charge in [-0.1, -0.05) is 20.8 Å². The first kappa shape index (κ1) is 17.7. The lowest BCUT2D eigenvalue weighted by molar-refractivity contribution is -0.144. The molecule has 0 aliphatic rings. The third kappa shape index (κ3) is 9.33. The second-order valence-corrected chi connectivity index (χ2v) is 5.11. The monoisotopic (exact) mass is 271 g/mol. The van der Waals surface area contributed by atoms with Gasteiger partial charge in [-0.15, -0.1) is 0 Å². The number of rotatable bonds is 8. The van der Waals surface area contributed by atoms with Crippen LogP contribution < -0.4 is 10.6 Å². The molecule has 112 valence electrons. The summed E-state index contributed by atoms with van der Waals surface area (Å²) in [6.07, 6.45) is 2.32. The second-order valence-electron chi connectivity index (χ2n) is 5.11. The zero-order valence-electron chi connectivity index (χ0n) is 13.0. The van der Waals surface area contributed by atoms with E-state index in [1.807, 2.05) is 13.8 Å². The Bertz CT molecular complexity index is 278. The summed E-state index contributed by atoms with van der Waals surface area (Å²) in [5, 5.41) is 6.44. The van der Waals surface area contributed by atoms with Crippen LogP contribution in [0.3, 0.4) is 0 Å². The normalized spacial score (nSPS) is 13.3. The number of hydrogen-bond acceptors (Lipinski definition) is 3. The first-order valence-corrected chi connectivity index (χ1v) is 7.11. The molecule has 0 aromatic carbocycles. The van der Waals surface area contributed by atoms with Gasteiger partial charge in [-0.05, 0) is 25.7 Å². The molecule has 0 bridgehead atoms. The van der Waals surface area contributed by atoms with Gasteiger partial charge in [0.25, 0.3) is 0 Å². The van der Waals surface area contributed by atoms with E-state index >= 15 is 0 Å². The number of guanidine groups is 1. The molecule has 0 aliphatic heterocycles. The van der Waals surface area contributed by atoms with Gasteiger partial charge in [0.05, 0.1) is 19.6 Å². The van der Waals surface area contributed by atoms with Gasteiger partial charge in [-0.2, -0.15) is 0 Å². The molecule has 0 heterocycles. The minimum Gasteiger partial charge on any atom is -0.469 e. The van der Waals surface area contributed by atoms with Gasteiger partial charge in [0.15, 0.2) is 5.96 Å². The van der Waals surface area contributed by atoms with E-state index in [4.69, 9.17) is 0 Å². The molecule has 0 saturated carbocycles. The highest BCUT2D eigenvalue weighted by Gasteiger charge is 2.12. The van der Waals surface area contributed by atoms with Crippen molar-refractivity contribution in [3.63, 3.8) is 0 Å². The Hall–Kier alpha value is -1.26. The van der Waals surface area contributed by atoms with E-state index in [0.29, 0.717) is 6.54 Å². The highest BCUT2D eigenvalue weighted by Crippen LogP contribution is 2.02. The maximum atomic E-state index is 11.3. The maximum absolute atomic E-state index is 11.3. The predicted octanol–water partition coefficient (Wildman–Crippen LogP) is 1.79. The molecule has 5 nitrogen and oxygen atoms in total. The summed E-state index contributed by atoms with van der Waals surface area (Å²) in [6.45, 7) is 10.4. The highest BCUT2D eigenvalue weighted by atomic mass is 16.5. The molecule has 0 spiro atoms. The van der Waals surface area contributed by atoms with Crippen molar-refractivity contribution < 1.29 is 9.53 Å². The lowest BCUT2D eigenvalue weighted by atomic mass is 10.1. The van der Waals surface area contributed by atoms with Crippen molar-refractivity contribution in [1.82, 2.24) is 10.6 Å².